The standard InChI is InChI=1S/C12H21NO4/c1-11(2,3)17-10(16)13-8-6-5-7-12(13,4)9(14)15/h5-8H2,1-4H3,(H,14,15). The molecule has 1 fully saturated rings. The highest BCUT2D eigenvalue weighted by molar-refractivity contribution is 5.84. The van der Waals surface area contributed by atoms with Gasteiger partial charge in [-0.05, 0) is 47.0 Å². The Labute approximate surface area is 102 Å². The summed E-state index contributed by atoms with van der Waals surface area (Å²) in [5, 5.41) is 9.27. The number of carboxylic acids is 1. The zero-order valence-corrected chi connectivity index (χ0v) is 10.9. The Morgan fingerprint density at radius 2 is 1.88 bits per heavy atom. The first-order valence-electron chi connectivity index (χ1n) is 5.91. The van der Waals surface area contributed by atoms with Gasteiger partial charge in [-0.3, -0.25) is 4.90 Å². The maximum atomic E-state index is 12.0. The fraction of sp³-hybridized carbons (Fsp3) is 0.833. The Balaban J connectivity index is 2.86. The zero-order chi connectivity index (χ0) is 13.3. The van der Waals surface area contributed by atoms with E-state index in [0.29, 0.717) is 13.0 Å². The molecule has 5 heteroatoms. The summed E-state index contributed by atoms with van der Waals surface area (Å²) in [6.45, 7) is 7.34. The zero-order valence-electron chi connectivity index (χ0n) is 10.9. The molecule has 1 aliphatic heterocycles. The molecule has 0 aromatic rings. The molecule has 1 N–H and O–H groups in total. The van der Waals surface area contributed by atoms with Gasteiger partial charge in [-0.15, -0.1) is 0 Å². The molecule has 1 saturated heterocycles. The van der Waals surface area contributed by atoms with Crippen LogP contribution in [0.25, 0.3) is 0 Å². The number of aliphatic carboxylic acids is 1. The van der Waals surface area contributed by atoms with Gasteiger partial charge in [-0.25, -0.2) is 9.59 Å². The third kappa shape index (κ3) is 3.11. The highest BCUT2D eigenvalue weighted by Crippen LogP contribution is 2.29. The number of hydrogen-bond donors (Lipinski definition) is 1. The van der Waals surface area contributed by atoms with Crippen LogP contribution in [0.3, 0.4) is 0 Å². The van der Waals surface area contributed by atoms with E-state index in [4.69, 9.17) is 4.74 Å². The van der Waals surface area contributed by atoms with Crippen LogP contribution in [0.15, 0.2) is 0 Å². The van der Waals surface area contributed by atoms with Crippen LogP contribution < -0.4 is 0 Å². The van der Waals surface area contributed by atoms with Crippen molar-refractivity contribution in [2.45, 2.75) is 58.1 Å². The molecule has 0 aromatic carbocycles. The van der Waals surface area contributed by atoms with Gasteiger partial charge in [0.25, 0.3) is 0 Å². The van der Waals surface area contributed by atoms with E-state index in [9.17, 15) is 14.7 Å². The lowest BCUT2D eigenvalue weighted by molar-refractivity contribution is -0.152. The predicted molar refractivity (Wildman–Crippen MR) is 62.8 cm³/mol. The van der Waals surface area contributed by atoms with E-state index < -0.39 is 23.2 Å². The van der Waals surface area contributed by atoms with Crippen molar-refractivity contribution in [1.29, 1.82) is 0 Å². The second-order valence-electron chi connectivity index (χ2n) is 5.67. The summed E-state index contributed by atoms with van der Waals surface area (Å²) >= 11 is 0. The minimum atomic E-state index is -1.14. The largest absolute Gasteiger partial charge is 0.480 e. The monoisotopic (exact) mass is 243 g/mol. The van der Waals surface area contributed by atoms with E-state index in [1.807, 2.05) is 0 Å². The van der Waals surface area contributed by atoms with Crippen molar-refractivity contribution in [2.75, 3.05) is 6.54 Å². The summed E-state index contributed by atoms with van der Waals surface area (Å²) < 4.78 is 5.25. The number of carboxylic acid groups (broad SMARTS) is 1. The molecule has 0 aliphatic carbocycles. The van der Waals surface area contributed by atoms with Gasteiger partial charge in [0, 0.05) is 6.54 Å². The molecule has 1 amide bonds. The fourth-order valence-corrected chi connectivity index (χ4v) is 1.95. The Hall–Kier alpha value is -1.26. The molecule has 0 aromatic heterocycles. The molecule has 98 valence electrons. The summed E-state index contributed by atoms with van der Waals surface area (Å²) in [5.74, 6) is -0.969. The number of rotatable bonds is 1. The molecule has 5 nitrogen and oxygen atoms in total. The van der Waals surface area contributed by atoms with Crippen LogP contribution in [0.1, 0.15) is 47.0 Å². The van der Waals surface area contributed by atoms with Crippen LogP contribution in [-0.2, 0) is 9.53 Å². The lowest BCUT2D eigenvalue weighted by Crippen LogP contribution is -2.58. The van der Waals surface area contributed by atoms with Crippen LogP contribution in [0.4, 0.5) is 4.79 Å². The molecule has 1 unspecified atom stereocenters. The average Bonchev–Trinajstić information content (AvgIpc) is 2.15. The molecule has 0 saturated carbocycles. The van der Waals surface area contributed by atoms with E-state index in [-0.39, 0.29) is 0 Å². The summed E-state index contributed by atoms with van der Waals surface area (Å²) in [7, 11) is 0. The first kappa shape index (κ1) is 13.8. The number of piperidine rings is 1. The first-order valence-corrected chi connectivity index (χ1v) is 5.91. The van der Waals surface area contributed by atoms with Gasteiger partial charge in [0.1, 0.15) is 11.1 Å². The maximum Gasteiger partial charge on any atom is 0.411 e. The summed E-state index contributed by atoms with van der Waals surface area (Å²) in [6.07, 6.45) is 1.58. The number of amides is 1. The van der Waals surface area contributed by atoms with Gasteiger partial charge in [0.2, 0.25) is 0 Å². The Kier molecular flexibility index (Phi) is 3.69. The van der Waals surface area contributed by atoms with E-state index in [1.54, 1.807) is 27.7 Å². The fourth-order valence-electron chi connectivity index (χ4n) is 1.95. The summed E-state index contributed by atoms with van der Waals surface area (Å²) in [4.78, 5) is 24.6. The Morgan fingerprint density at radius 1 is 1.29 bits per heavy atom. The topological polar surface area (TPSA) is 66.8 Å². The number of likely N-dealkylation sites (tertiary alicyclic amines) is 1. The van der Waals surface area contributed by atoms with Crippen molar-refractivity contribution in [3.8, 4) is 0 Å². The van der Waals surface area contributed by atoms with Crippen molar-refractivity contribution >= 4 is 12.1 Å². The van der Waals surface area contributed by atoms with Crippen LogP contribution in [0.2, 0.25) is 0 Å². The van der Waals surface area contributed by atoms with Crippen LogP contribution in [-0.4, -0.2) is 39.8 Å². The number of carbonyl (C=O) groups is 2. The number of hydrogen-bond acceptors (Lipinski definition) is 3. The molecule has 1 atom stereocenters. The van der Waals surface area contributed by atoms with Gasteiger partial charge >= 0.3 is 12.1 Å². The Morgan fingerprint density at radius 3 is 2.35 bits per heavy atom. The normalized spacial score (nSPS) is 25.5. The molecular formula is C12H21NO4. The minimum absolute atomic E-state index is 0.442. The molecule has 0 bridgehead atoms. The molecule has 1 aliphatic rings. The van der Waals surface area contributed by atoms with Gasteiger partial charge in [-0.1, -0.05) is 0 Å². The van der Waals surface area contributed by atoms with Crippen molar-refractivity contribution in [2.24, 2.45) is 0 Å². The number of ether oxygens (including phenoxy) is 1. The van der Waals surface area contributed by atoms with Gasteiger partial charge in [0.05, 0.1) is 0 Å². The van der Waals surface area contributed by atoms with Gasteiger partial charge in [-0.2, -0.15) is 0 Å². The summed E-state index contributed by atoms with van der Waals surface area (Å²) in [5.41, 5.74) is -1.74. The quantitative estimate of drug-likeness (QED) is 0.767. The van der Waals surface area contributed by atoms with Crippen LogP contribution in [0, 0.1) is 0 Å². The highest BCUT2D eigenvalue weighted by atomic mass is 16.6. The predicted octanol–water partition coefficient (Wildman–Crippen LogP) is 2.25. The van der Waals surface area contributed by atoms with Crippen molar-refractivity contribution in [1.82, 2.24) is 4.90 Å². The molecule has 0 radical (unpaired) electrons. The number of carbonyl (C=O) groups excluding carboxylic acids is 1. The molecule has 17 heavy (non-hydrogen) atoms. The van der Waals surface area contributed by atoms with Gasteiger partial charge < -0.3 is 9.84 Å². The van der Waals surface area contributed by atoms with Crippen molar-refractivity contribution < 1.29 is 19.4 Å². The SMILES string of the molecule is CC(C)(C)OC(=O)N1CCCCC1(C)C(=O)O. The smallest absolute Gasteiger partial charge is 0.411 e. The average molecular weight is 243 g/mol. The first-order chi connectivity index (χ1) is 7.67. The number of nitrogens with zero attached hydrogens (tertiary/aromatic N) is 1. The van der Waals surface area contributed by atoms with Gasteiger partial charge in [0.15, 0.2) is 0 Å². The van der Waals surface area contributed by atoms with Crippen LogP contribution in [0.5, 0.6) is 0 Å². The van der Waals surface area contributed by atoms with E-state index in [2.05, 4.69) is 0 Å². The summed E-state index contributed by atoms with van der Waals surface area (Å²) in [6, 6.07) is 0. The van der Waals surface area contributed by atoms with Crippen molar-refractivity contribution in [3.63, 3.8) is 0 Å². The molecule has 0 spiro atoms. The molecular weight excluding hydrogens is 222 g/mol. The highest BCUT2D eigenvalue weighted by Gasteiger charge is 2.45. The lowest BCUT2D eigenvalue weighted by Gasteiger charge is -2.41. The molecule has 1 heterocycles. The van der Waals surface area contributed by atoms with Crippen molar-refractivity contribution in [3.05, 3.63) is 0 Å². The van der Waals surface area contributed by atoms with E-state index in [0.717, 1.165) is 12.8 Å². The third-order valence-electron chi connectivity index (χ3n) is 2.97. The van der Waals surface area contributed by atoms with E-state index >= 15 is 0 Å². The Bertz CT molecular complexity index is 321. The minimum Gasteiger partial charge on any atom is -0.480 e. The lowest BCUT2D eigenvalue weighted by atomic mass is 9.89. The third-order valence-corrected chi connectivity index (χ3v) is 2.97. The maximum absolute atomic E-state index is 12.0. The second kappa shape index (κ2) is 4.55. The van der Waals surface area contributed by atoms with E-state index in [1.165, 1.54) is 4.90 Å². The molecule has 1 rings (SSSR count). The second-order valence-corrected chi connectivity index (χ2v) is 5.67. The van der Waals surface area contributed by atoms with Crippen LogP contribution >= 0.6 is 0 Å².